The number of hydrogen-bond donors (Lipinski definition) is 1. The number of para-hydroxylation sites is 1. The van der Waals surface area contributed by atoms with Gasteiger partial charge in [-0.2, -0.15) is 0 Å². The fourth-order valence-corrected chi connectivity index (χ4v) is 4.44. The number of benzene rings is 3. The number of carbonyl (C=O) groups is 1. The zero-order valence-corrected chi connectivity index (χ0v) is 17.9. The van der Waals surface area contributed by atoms with Crippen LogP contribution in [0.1, 0.15) is 15.9 Å². The molecule has 0 spiro atoms. The first-order valence-electron chi connectivity index (χ1n) is 9.49. The van der Waals surface area contributed by atoms with Gasteiger partial charge in [-0.05, 0) is 54.4 Å². The number of aryl methyl sites for hydroxylation is 1. The highest BCUT2D eigenvalue weighted by atomic mass is 35.5. The molecule has 0 bridgehead atoms. The monoisotopic (exact) mass is 446 g/mol. The highest BCUT2D eigenvalue weighted by Crippen LogP contribution is 2.30. The minimum Gasteiger partial charge on any atom is -0.422 e. The average Bonchev–Trinajstić information content (AvgIpc) is 3.14. The van der Waals surface area contributed by atoms with Gasteiger partial charge in [0.2, 0.25) is 0 Å². The van der Waals surface area contributed by atoms with Crippen molar-refractivity contribution in [1.82, 2.24) is 4.98 Å². The number of amides is 1. The van der Waals surface area contributed by atoms with Crippen molar-refractivity contribution in [2.75, 3.05) is 5.32 Å². The summed E-state index contributed by atoms with van der Waals surface area (Å²) in [6, 6.07) is 19.7. The van der Waals surface area contributed by atoms with E-state index in [1.54, 1.807) is 42.5 Å². The van der Waals surface area contributed by atoms with Crippen LogP contribution in [0.2, 0.25) is 5.02 Å². The molecular weight excluding hydrogens is 432 g/mol. The van der Waals surface area contributed by atoms with Gasteiger partial charge in [-0.25, -0.2) is 9.78 Å². The molecular formula is C24H15ClN2O3S. The minimum absolute atomic E-state index is 0.279. The first kappa shape index (κ1) is 19.5. The number of halogens is 1. The van der Waals surface area contributed by atoms with Crippen LogP contribution in [0.15, 0.2) is 75.9 Å². The summed E-state index contributed by atoms with van der Waals surface area (Å²) in [5, 5.41) is 4.81. The third-order valence-corrected chi connectivity index (χ3v) is 6.33. The van der Waals surface area contributed by atoms with E-state index in [0.717, 1.165) is 21.2 Å². The number of hydrogen-bond acceptors (Lipinski definition) is 5. The maximum absolute atomic E-state index is 12.7. The first-order chi connectivity index (χ1) is 15.0. The van der Waals surface area contributed by atoms with E-state index >= 15 is 0 Å². The van der Waals surface area contributed by atoms with Gasteiger partial charge in [-0.3, -0.25) is 10.1 Å². The van der Waals surface area contributed by atoms with Gasteiger partial charge in [-0.1, -0.05) is 53.3 Å². The van der Waals surface area contributed by atoms with Gasteiger partial charge in [0, 0.05) is 16.0 Å². The van der Waals surface area contributed by atoms with Crippen molar-refractivity contribution in [3.05, 3.63) is 93.3 Å². The second-order valence-corrected chi connectivity index (χ2v) is 8.54. The van der Waals surface area contributed by atoms with Crippen molar-refractivity contribution >= 4 is 55.2 Å². The molecule has 0 unspecified atom stereocenters. The molecule has 0 radical (unpaired) electrons. The van der Waals surface area contributed by atoms with Crippen molar-refractivity contribution in [3.8, 4) is 11.1 Å². The maximum atomic E-state index is 12.7. The fraction of sp³-hybridized carbons (Fsp3) is 0.0417. The Morgan fingerprint density at radius 2 is 1.84 bits per heavy atom. The third-order valence-electron chi connectivity index (χ3n) is 4.99. The first-order valence-corrected chi connectivity index (χ1v) is 10.7. The summed E-state index contributed by atoms with van der Waals surface area (Å²) in [6.45, 7) is 1.93. The largest absolute Gasteiger partial charge is 0.422 e. The highest BCUT2D eigenvalue weighted by molar-refractivity contribution is 7.22. The molecule has 0 fully saturated rings. The molecule has 0 aliphatic heterocycles. The number of anilines is 1. The third kappa shape index (κ3) is 3.71. The van der Waals surface area contributed by atoms with E-state index in [1.807, 2.05) is 31.2 Å². The Hall–Kier alpha value is -3.48. The molecule has 2 heterocycles. The molecule has 2 aromatic heterocycles. The summed E-state index contributed by atoms with van der Waals surface area (Å²) in [7, 11) is 0. The minimum atomic E-state index is -0.417. The highest BCUT2D eigenvalue weighted by Gasteiger charge is 2.13. The van der Waals surface area contributed by atoms with Crippen molar-refractivity contribution in [2.24, 2.45) is 0 Å². The van der Waals surface area contributed by atoms with Crippen LogP contribution in [0, 0.1) is 6.92 Å². The average molecular weight is 447 g/mol. The number of aromatic nitrogens is 1. The molecule has 31 heavy (non-hydrogen) atoms. The quantitative estimate of drug-likeness (QED) is 0.331. The van der Waals surface area contributed by atoms with Crippen molar-refractivity contribution < 1.29 is 9.21 Å². The van der Waals surface area contributed by atoms with Crippen LogP contribution in [0.5, 0.6) is 0 Å². The number of thiazole rings is 1. The molecule has 0 saturated carbocycles. The van der Waals surface area contributed by atoms with Gasteiger partial charge in [-0.15, -0.1) is 0 Å². The topological polar surface area (TPSA) is 72.2 Å². The van der Waals surface area contributed by atoms with Crippen molar-refractivity contribution in [1.29, 1.82) is 0 Å². The molecule has 5 nitrogen and oxygen atoms in total. The summed E-state index contributed by atoms with van der Waals surface area (Å²) < 4.78 is 6.35. The van der Waals surface area contributed by atoms with Crippen molar-refractivity contribution in [2.45, 2.75) is 6.92 Å². The Morgan fingerprint density at radius 3 is 2.65 bits per heavy atom. The number of rotatable bonds is 3. The Bertz CT molecular complexity index is 1480. The standard InChI is InChI=1S/C24H15ClN2O3S/c1-13-10-21-19(12-18(13)25)26-24(31-21)27-22(28)15-8-6-14(7-9-15)17-11-16-4-2-3-5-20(16)30-23(17)29/h2-12H,1H3,(H,26,27,28). The van der Waals surface area contributed by atoms with Gasteiger partial charge in [0.15, 0.2) is 5.13 Å². The summed E-state index contributed by atoms with van der Waals surface area (Å²) in [6.07, 6.45) is 0. The normalized spacial score (nSPS) is 11.2. The van der Waals surface area contributed by atoms with E-state index in [0.29, 0.717) is 32.4 Å². The molecule has 0 aliphatic rings. The SMILES string of the molecule is Cc1cc2sc(NC(=O)c3ccc(-c4cc5ccccc5oc4=O)cc3)nc2cc1Cl. The Labute approximate surface area is 185 Å². The predicted molar refractivity (Wildman–Crippen MR) is 125 cm³/mol. The molecule has 0 atom stereocenters. The summed E-state index contributed by atoms with van der Waals surface area (Å²) in [5.74, 6) is -0.279. The maximum Gasteiger partial charge on any atom is 0.344 e. The van der Waals surface area contributed by atoms with E-state index in [4.69, 9.17) is 16.0 Å². The molecule has 5 aromatic rings. The Balaban J connectivity index is 1.40. The molecule has 5 rings (SSSR count). The van der Waals surface area contributed by atoms with Gasteiger partial charge in [0.05, 0.1) is 15.8 Å². The van der Waals surface area contributed by atoms with Gasteiger partial charge < -0.3 is 4.42 Å². The van der Waals surface area contributed by atoms with E-state index < -0.39 is 5.63 Å². The zero-order valence-electron chi connectivity index (χ0n) is 16.3. The van der Waals surface area contributed by atoms with Crippen LogP contribution in [-0.4, -0.2) is 10.9 Å². The molecule has 152 valence electrons. The zero-order chi connectivity index (χ0) is 21.5. The van der Waals surface area contributed by atoms with Gasteiger partial charge >= 0.3 is 5.63 Å². The molecule has 0 aliphatic carbocycles. The van der Waals surface area contributed by atoms with E-state index in [-0.39, 0.29) is 5.91 Å². The van der Waals surface area contributed by atoms with Crippen LogP contribution < -0.4 is 10.9 Å². The van der Waals surface area contributed by atoms with Crippen LogP contribution >= 0.6 is 22.9 Å². The second-order valence-electron chi connectivity index (χ2n) is 7.10. The Kier molecular flexibility index (Phi) is 4.81. The van der Waals surface area contributed by atoms with Crippen LogP contribution in [0.3, 0.4) is 0 Å². The summed E-state index contributed by atoms with van der Waals surface area (Å²) >= 11 is 7.55. The van der Waals surface area contributed by atoms with Gasteiger partial charge in [0.25, 0.3) is 5.91 Å². The van der Waals surface area contributed by atoms with Crippen LogP contribution in [0.4, 0.5) is 5.13 Å². The van der Waals surface area contributed by atoms with E-state index in [9.17, 15) is 9.59 Å². The number of carbonyl (C=O) groups excluding carboxylic acids is 1. The number of nitrogens with zero attached hydrogens (tertiary/aromatic N) is 1. The number of nitrogens with one attached hydrogen (secondary N) is 1. The van der Waals surface area contributed by atoms with E-state index in [2.05, 4.69) is 10.3 Å². The van der Waals surface area contributed by atoms with E-state index in [1.165, 1.54) is 11.3 Å². The van der Waals surface area contributed by atoms with Crippen molar-refractivity contribution in [3.63, 3.8) is 0 Å². The lowest BCUT2D eigenvalue weighted by Gasteiger charge is -2.05. The molecule has 7 heteroatoms. The van der Waals surface area contributed by atoms with Crippen LogP contribution in [0.25, 0.3) is 32.3 Å². The predicted octanol–water partition coefficient (Wildman–Crippen LogP) is 6.28. The Morgan fingerprint density at radius 1 is 1.06 bits per heavy atom. The number of fused-ring (bicyclic) bond motifs is 2. The lowest BCUT2D eigenvalue weighted by atomic mass is 10.0. The van der Waals surface area contributed by atoms with Crippen LogP contribution in [-0.2, 0) is 0 Å². The molecule has 1 N–H and O–H groups in total. The summed E-state index contributed by atoms with van der Waals surface area (Å²) in [4.78, 5) is 29.5. The summed E-state index contributed by atoms with van der Waals surface area (Å²) in [5.41, 5.74) is 3.42. The van der Waals surface area contributed by atoms with Gasteiger partial charge in [0.1, 0.15) is 5.58 Å². The molecule has 0 saturated heterocycles. The second kappa shape index (κ2) is 7.65. The lowest BCUT2D eigenvalue weighted by Crippen LogP contribution is -2.11. The fourth-order valence-electron chi connectivity index (χ4n) is 3.34. The molecule has 1 amide bonds. The molecule has 3 aromatic carbocycles. The lowest BCUT2D eigenvalue weighted by molar-refractivity contribution is 0.102. The smallest absolute Gasteiger partial charge is 0.344 e.